The Labute approximate surface area is 104 Å². The van der Waals surface area contributed by atoms with Crippen molar-refractivity contribution < 1.29 is 8.42 Å². The van der Waals surface area contributed by atoms with Crippen molar-refractivity contribution in [3.63, 3.8) is 0 Å². The van der Waals surface area contributed by atoms with Crippen LogP contribution in [-0.2, 0) is 9.84 Å². The van der Waals surface area contributed by atoms with Crippen LogP contribution in [0.1, 0.15) is 0 Å². The van der Waals surface area contributed by atoms with Gasteiger partial charge in [-0.25, -0.2) is 8.42 Å². The molecule has 0 aliphatic rings. The van der Waals surface area contributed by atoms with E-state index < -0.39 is 9.84 Å². The lowest BCUT2D eigenvalue weighted by Crippen LogP contribution is -2.02. The minimum Gasteiger partial charge on any atom is -0.381 e. The summed E-state index contributed by atoms with van der Waals surface area (Å²) in [7, 11) is -3.12. The molecule has 0 unspecified atom stereocenters. The summed E-state index contributed by atoms with van der Waals surface area (Å²) < 4.78 is 23.4. The molecule has 5 heteroatoms. The number of sulfone groups is 1. The molecule has 1 aromatic carbocycles. The average molecular weight is 337 g/mol. The van der Waals surface area contributed by atoms with Gasteiger partial charge in [0.1, 0.15) is 0 Å². The van der Waals surface area contributed by atoms with Gasteiger partial charge >= 0.3 is 0 Å². The zero-order valence-corrected chi connectivity index (χ0v) is 11.3. The molecule has 0 bridgehead atoms. The molecule has 0 saturated heterocycles. The summed E-state index contributed by atoms with van der Waals surface area (Å²) in [6, 6.07) is 5.02. The Morgan fingerprint density at radius 1 is 1.53 bits per heavy atom. The maximum atomic E-state index is 11.3. The molecular weight excluding hydrogens is 325 g/mol. The fourth-order valence-electron chi connectivity index (χ4n) is 1.05. The molecule has 0 fully saturated rings. The van der Waals surface area contributed by atoms with Gasteiger partial charge in [0.05, 0.1) is 4.90 Å². The smallest absolute Gasteiger partial charge is 0.175 e. The Morgan fingerprint density at radius 3 is 2.67 bits per heavy atom. The van der Waals surface area contributed by atoms with Crippen molar-refractivity contribution in [2.75, 3.05) is 18.1 Å². The summed E-state index contributed by atoms with van der Waals surface area (Å²) in [6.45, 7) is 4.26. The van der Waals surface area contributed by atoms with E-state index in [1.54, 1.807) is 24.3 Å². The molecule has 1 rings (SSSR count). The van der Waals surface area contributed by atoms with Gasteiger partial charge < -0.3 is 5.32 Å². The molecule has 0 aliphatic heterocycles. The number of halogens is 1. The van der Waals surface area contributed by atoms with Gasteiger partial charge in [-0.05, 0) is 40.8 Å². The Kier molecular flexibility index (Phi) is 4.15. The highest BCUT2D eigenvalue weighted by molar-refractivity contribution is 14.1. The van der Waals surface area contributed by atoms with E-state index in [9.17, 15) is 8.42 Å². The summed E-state index contributed by atoms with van der Waals surface area (Å²) in [5, 5.41) is 3.12. The lowest BCUT2D eigenvalue weighted by atomic mass is 10.3. The van der Waals surface area contributed by atoms with Crippen LogP contribution in [0.3, 0.4) is 0 Å². The molecule has 0 atom stereocenters. The number of nitrogens with one attached hydrogen (secondary N) is 1. The zero-order valence-electron chi connectivity index (χ0n) is 8.33. The highest BCUT2D eigenvalue weighted by atomic mass is 127. The number of rotatable bonds is 4. The molecule has 15 heavy (non-hydrogen) atoms. The van der Waals surface area contributed by atoms with Gasteiger partial charge in [0.15, 0.2) is 9.84 Å². The number of anilines is 1. The first-order valence-electron chi connectivity index (χ1n) is 4.29. The molecule has 3 nitrogen and oxygen atoms in total. The Hall–Kier alpha value is -0.560. The third-order valence-corrected chi connectivity index (χ3v) is 3.81. The molecule has 0 radical (unpaired) electrons. The van der Waals surface area contributed by atoms with Gasteiger partial charge in [0, 0.05) is 22.1 Å². The lowest BCUT2D eigenvalue weighted by Gasteiger charge is -2.07. The maximum Gasteiger partial charge on any atom is 0.175 e. The van der Waals surface area contributed by atoms with Crippen molar-refractivity contribution in [1.29, 1.82) is 0 Å². The van der Waals surface area contributed by atoms with Gasteiger partial charge in [-0.15, -0.1) is 6.58 Å². The van der Waals surface area contributed by atoms with E-state index in [4.69, 9.17) is 0 Å². The summed E-state index contributed by atoms with van der Waals surface area (Å²) in [5.74, 6) is 0. The monoisotopic (exact) mass is 337 g/mol. The Morgan fingerprint density at radius 2 is 2.20 bits per heavy atom. The molecule has 1 N–H and O–H groups in total. The predicted molar refractivity (Wildman–Crippen MR) is 71.0 cm³/mol. The molecule has 82 valence electrons. The SMILES string of the molecule is C=CCNc1ccc(S(C)(=O)=O)cc1I. The van der Waals surface area contributed by atoms with Crippen molar-refractivity contribution in [2.45, 2.75) is 4.90 Å². The molecule has 1 aromatic rings. The fourth-order valence-corrected chi connectivity index (χ4v) is 2.62. The van der Waals surface area contributed by atoms with E-state index in [0.717, 1.165) is 9.26 Å². The van der Waals surface area contributed by atoms with Gasteiger partial charge in [0.25, 0.3) is 0 Å². The molecule has 0 heterocycles. The van der Waals surface area contributed by atoms with Gasteiger partial charge in [-0.3, -0.25) is 0 Å². The first kappa shape index (κ1) is 12.5. The first-order valence-corrected chi connectivity index (χ1v) is 7.26. The largest absolute Gasteiger partial charge is 0.381 e. The number of hydrogen-bond acceptors (Lipinski definition) is 3. The van der Waals surface area contributed by atoms with Gasteiger partial charge in [-0.2, -0.15) is 0 Å². The van der Waals surface area contributed by atoms with Crippen molar-refractivity contribution in [2.24, 2.45) is 0 Å². The van der Waals surface area contributed by atoms with Gasteiger partial charge in [-0.1, -0.05) is 6.08 Å². The first-order chi connectivity index (χ1) is 6.95. The van der Waals surface area contributed by atoms with E-state index in [0.29, 0.717) is 11.4 Å². The standard InChI is InChI=1S/C10H12INO2S/c1-3-6-12-10-5-4-8(7-9(10)11)15(2,13)14/h3-5,7,12H,1,6H2,2H3. The van der Waals surface area contributed by atoms with Crippen LogP contribution in [0.15, 0.2) is 35.7 Å². The number of benzene rings is 1. The molecule has 0 aliphatic carbocycles. The second-order valence-electron chi connectivity index (χ2n) is 3.08. The van der Waals surface area contributed by atoms with Crippen LogP contribution in [0, 0.1) is 3.57 Å². The van der Waals surface area contributed by atoms with Crippen molar-refractivity contribution in [3.05, 3.63) is 34.4 Å². The Bertz CT molecular complexity index is 468. The normalized spacial score (nSPS) is 11.1. The van der Waals surface area contributed by atoms with Crippen molar-refractivity contribution >= 4 is 38.1 Å². The van der Waals surface area contributed by atoms with E-state index in [1.165, 1.54) is 6.26 Å². The van der Waals surface area contributed by atoms with Crippen LogP contribution in [0.25, 0.3) is 0 Å². The third kappa shape index (κ3) is 3.49. The van der Waals surface area contributed by atoms with Crippen LogP contribution >= 0.6 is 22.6 Å². The van der Waals surface area contributed by atoms with Crippen LogP contribution in [-0.4, -0.2) is 21.2 Å². The van der Waals surface area contributed by atoms with Crippen LogP contribution in [0.4, 0.5) is 5.69 Å². The average Bonchev–Trinajstić information content (AvgIpc) is 2.14. The second kappa shape index (κ2) is 4.98. The summed E-state index contributed by atoms with van der Waals surface area (Å²) >= 11 is 2.10. The zero-order chi connectivity index (χ0) is 11.5. The minimum atomic E-state index is -3.12. The highest BCUT2D eigenvalue weighted by Gasteiger charge is 2.08. The van der Waals surface area contributed by atoms with Crippen molar-refractivity contribution in [3.8, 4) is 0 Å². The van der Waals surface area contributed by atoms with Gasteiger partial charge in [0.2, 0.25) is 0 Å². The number of hydrogen-bond donors (Lipinski definition) is 1. The van der Waals surface area contributed by atoms with E-state index in [1.807, 2.05) is 0 Å². The molecule has 0 amide bonds. The molecular formula is C10H12INO2S. The molecule has 0 saturated carbocycles. The summed E-state index contributed by atoms with van der Waals surface area (Å²) in [4.78, 5) is 0.344. The quantitative estimate of drug-likeness (QED) is 0.677. The topological polar surface area (TPSA) is 46.2 Å². The minimum absolute atomic E-state index is 0.344. The highest BCUT2D eigenvalue weighted by Crippen LogP contribution is 2.21. The van der Waals surface area contributed by atoms with Crippen molar-refractivity contribution in [1.82, 2.24) is 0 Å². The summed E-state index contributed by atoms with van der Waals surface area (Å²) in [5.41, 5.74) is 0.919. The Balaban J connectivity index is 3.03. The van der Waals surface area contributed by atoms with E-state index in [-0.39, 0.29) is 0 Å². The van der Waals surface area contributed by atoms with Crippen LogP contribution < -0.4 is 5.32 Å². The predicted octanol–water partition coefficient (Wildman–Crippen LogP) is 2.29. The second-order valence-corrected chi connectivity index (χ2v) is 6.26. The van der Waals surface area contributed by atoms with Crippen LogP contribution in [0.5, 0.6) is 0 Å². The van der Waals surface area contributed by atoms with E-state index in [2.05, 4.69) is 34.5 Å². The summed E-state index contributed by atoms with van der Waals surface area (Å²) in [6.07, 6.45) is 2.95. The molecule has 0 spiro atoms. The third-order valence-electron chi connectivity index (χ3n) is 1.81. The van der Waals surface area contributed by atoms with Crippen LogP contribution in [0.2, 0.25) is 0 Å². The van der Waals surface area contributed by atoms with E-state index >= 15 is 0 Å². The lowest BCUT2D eigenvalue weighted by molar-refractivity contribution is 0.602. The fraction of sp³-hybridized carbons (Fsp3) is 0.200. The maximum absolute atomic E-state index is 11.3. The molecule has 0 aromatic heterocycles.